The topological polar surface area (TPSA) is 184 Å². The van der Waals surface area contributed by atoms with Gasteiger partial charge in [0.15, 0.2) is 39.3 Å². The highest BCUT2D eigenvalue weighted by Crippen LogP contribution is 2.51. The molecule has 17 heteroatoms. The molecule has 26 heavy (non-hydrogen) atoms. The van der Waals surface area contributed by atoms with Crippen LogP contribution in [0.4, 0.5) is 0 Å². The summed E-state index contributed by atoms with van der Waals surface area (Å²) in [6, 6.07) is 0. The number of aromatic nitrogens is 2. The normalized spacial score (nSPS) is 21.0. The lowest BCUT2D eigenvalue weighted by atomic mass is 9.82. The van der Waals surface area contributed by atoms with Crippen molar-refractivity contribution in [1.29, 1.82) is 0 Å². The third-order valence-corrected chi connectivity index (χ3v) is 13.2. The van der Waals surface area contributed by atoms with Gasteiger partial charge in [0, 0.05) is 42.9 Å². The smallest absolute Gasteiger partial charge is 0.372 e. The average Bonchev–Trinajstić information content (AvgIpc) is 3.01. The van der Waals surface area contributed by atoms with E-state index < -0.39 is 55.0 Å². The van der Waals surface area contributed by atoms with E-state index in [2.05, 4.69) is 10.2 Å². The van der Waals surface area contributed by atoms with E-state index in [1.807, 2.05) is 0 Å². The molecule has 12 nitrogen and oxygen atoms in total. The van der Waals surface area contributed by atoms with Gasteiger partial charge in [0.25, 0.3) is 0 Å². The minimum Gasteiger partial charge on any atom is -0.372 e. The maximum Gasteiger partial charge on any atom is 0.501 e. The van der Waals surface area contributed by atoms with E-state index in [9.17, 15) is 33.7 Å². The Morgan fingerprint density at radius 2 is 1.15 bits per heavy atom. The number of nitrogens with zero attached hydrogens (tertiary/aromatic N) is 1. The lowest BCUT2D eigenvalue weighted by molar-refractivity contribution is 0.202. The first-order valence-electron chi connectivity index (χ1n) is 6.55. The molecule has 1 saturated heterocycles. The van der Waals surface area contributed by atoms with Gasteiger partial charge in [0.2, 0.25) is 0 Å². The number of hydrogen-bond donors (Lipinski definition) is 1. The van der Waals surface area contributed by atoms with Crippen LogP contribution in [0, 0.1) is 0 Å². The molecule has 1 aromatic heterocycles. The molecule has 0 radical (unpaired) electrons. The van der Waals surface area contributed by atoms with Gasteiger partial charge in [-0.25, -0.2) is 33.7 Å². The molecule has 0 atom stereocenters. The quantitative estimate of drug-likeness (QED) is 0.442. The van der Waals surface area contributed by atoms with Gasteiger partial charge in [-0.3, -0.25) is 5.10 Å². The molecule has 2 rings (SSSR count). The molecule has 1 aliphatic heterocycles. The number of aromatic amines is 1. The highest BCUT2D eigenvalue weighted by atomic mass is 32.3. The minimum absolute atomic E-state index is 0.115. The van der Waals surface area contributed by atoms with Crippen LogP contribution in [0.1, 0.15) is 0 Å². The van der Waals surface area contributed by atoms with Gasteiger partial charge in [0.1, 0.15) is 0 Å². The summed E-state index contributed by atoms with van der Waals surface area (Å²) in [6.45, 7) is 0. The Balaban J connectivity index is 3.12. The SMILES string of the molecule is CS(=O)(=O)C1(S(C)(=O)=O)OB(c2cn[nH]c2)OC1(S(C)(=O)=O)S(C)(=O)=O. The molecule has 1 aliphatic rings. The van der Waals surface area contributed by atoms with Crippen LogP contribution in [0.25, 0.3) is 0 Å². The monoisotopic (exact) mass is 450 g/mol. The molecular weight excluding hydrogens is 435 g/mol. The fraction of sp³-hybridized carbons (Fsp3) is 0.667. The number of rotatable bonds is 5. The zero-order chi connectivity index (χ0) is 20.4. The third kappa shape index (κ3) is 2.63. The molecule has 0 aliphatic carbocycles. The van der Waals surface area contributed by atoms with Crippen LogP contribution in [0.2, 0.25) is 0 Å². The fourth-order valence-electron chi connectivity index (χ4n) is 2.78. The largest absolute Gasteiger partial charge is 0.501 e. The predicted octanol–water partition coefficient (Wildman–Crippen LogP) is -3.36. The lowest BCUT2D eigenvalue weighted by Gasteiger charge is -2.37. The summed E-state index contributed by atoms with van der Waals surface area (Å²) in [6.07, 6.45) is 3.52. The van der Waals surface area contributed by atoms with E-state index >= 15 is 0 Å². The summed E-state index contributed by atoms with van der Waals surface area (Å²) in [7, 11) is -22.1. The van der Waals surface area contributed by atoms with Crippen LogP contribution in [0.15, 0.2) is 12.4 Å². The fourth-order valence-corrected chi connectivity index (χ4v) is 13.9. The summed E-state index contributed by atoms with van der Waals surface area (Å²) in [5.74, 6) is 0. The van der Waals surface area contributed by atoms with Crippen molar-refractivity contribution < 1.29 is 43.0 Å². The Morgan fingerprint density at radius 1 is 0.808 bits per heavy atom. The molecule has 0 saturated carbocycles. The highest BCUT2D eigenvalue weighted by molar-refractivity contribution is 8.16. The van der Waals surface area contributed by atoms with Crippen molar-refractivity contribution in [2.45, 2.75) is 8.53 Å². The second-order valence-corrected chi connectivity index (χ2v) is 14.8. The molecule has 1 aromatic rings. The summed E-state index contributed by atoms with van der Waals surface area (Å²) in [5, 5.41) is 5.84. The lowest BCUT2D eigenvalue weighted by Crippen LogP contribution is -2.67. The van der Waals surface area contributed by atoms with Crippen LogP contribution >= 0.6 is 0 Å². The van der Waals surface area contributed by atoms with Crippen molar-refractivity contribution in [2.24, 2.45) is 0 Å². The van der Waals surface area contributed by atoms with Crippen molar-refractivity contribution in [3.63, 3.8) is 0 Å². The summed E-state index contributed by atoms with van der Waals surface area (Å²) >= 11 is 0. The van der Waals surface area contributed by atoms with Gasteiger partial charge in [-0.05, 0) is 0 Å². The number of H-pyrrole nitrogens is 1. The second-order valence-electron chi connectivity index (χ2n) is 5.80. The zero-order valence-corrected chi connectivity index (χ0v) is 17.2. The van der Waals surface area contributed by atoms with Crippen LogP contribution in [-0.2, 0) is 48.7 Å². The average molecular weight is 450 g/mol. The number of hydrogen-bond acceptors (Lipinski definition) is 11. The Bertz CT molecular complexity index is 995. The molecule has 0 bridgehead atoms. The number of nitrogens with one attached hydrogen (secondary N) is 1. The molecule has 148 valence electrons. The first-order chi connectivity index (χ1) is 11.4. The molecule has 0 spiro atoms. The summed E-state index contributed by atoms with van der Waals surface area (Å²) in [4.78, 5) is 0. The minimum atomic E-state index is -5.04. The van der Waals surface area contributed by atoms with Crippen molar-refractivity contribution in [2.75, 3.05) is 25.0 Å². The second kappa shape index (κ2) is 5.74. The van der Waals surface area contributed by atoms with Crippen molar-refractivity contribution in [3.8, 4) is 0 Å². The zero-order valence-electron chi connectivity index (χ0n) is 13.9. The Kier molecular flexibility index (Phi) is 4.71. The van der Waals surface area contributed by atoms with Crippen LogP contribution in [0.3, 0.4) is 0 Å². The van der Waals surface area contributed by atoms with Gasteiger partial charge in [-0.1, -0.05) is 0 Å². The van der Waals surface area contributed by atoms with Gasteiger partial charge in [-0.2, -0.15) is 5.10 Å². The Morgan fingerprint density at radius 3 is 1.38 bits per heavy atom. The van der Waals surface area contributed by atoms with Gasteiger partial charge >= 0.3 is 15.6 Å². The molecular formula is C9H15BN2O10S4. The standard InChI is InChI=1S/C9H15BN2O10S4/c1-23(13,14)8(24(2,15)16)9(25(3,17)18,26(4,19)20)22-10(21-8)7-5-11-12-6-7/h5-6H,1-4H3,(H,11,12). The molecule has 0 unspecified atom stereocenters. The summed E-state index contributed by atoms with van der Waals surface area (Å²) in [5.41, 5.74) is -0.115. The number of sulfone groups is 4. The summed E-state index contributed by atoms with van der Waals surface area (Å²) < 4.78 is 103. The van der Waals surface area contributed by atoms with E-state index in [0.717, 1.165) is 12.4 Å². The third-order valence-electron chi connectivity index (χ3n) is 3.64. The van der Waals surface area contributed by atoms with E-state index in [1.54, 1.807) is 0 Å². The Labute approximate surface area is 151 Å². The van der Waals surface area contributed by atoms with Gasteiger partial charge < -0.3 is 9.31 Å². The Hall–Kier alpha value is -1.01. The predicted molar refractivity (Wildman–Crippen MR) is 91.0 cm³/mol. The van der Waals surface area contributed by atoms with Crippen molar-refractivity contribution >= 4 is 51.9 Å². The van der Waals surface area contributed by atoms with E-state index in [1.165, 1.54) is 0 Å². The van der Waals surface area contributed by atoms with E-state index in [4.69, 9.17) is 9.31 Å². The maximum atomic E-state index is 12.5. The van der Waals surface area contributed by atoms with Crippen LogP contribution < -0.4 is 5.46 Å². The van der Waals surface area contributed by atoms with E-state index in [0.29, 0.717) is 25.0 Å². The maximum absolute atomic E-state index is 12.5. The van der Waals surface area contributed by atoms with Gasteiger partial charge in [-0.15, -0.1) is 0 Å². The van der Waals surface area contributed by atoms with Crippen molar-refractivity contribution in [3.05, 3.63) is 12.4 Å². The van der Waals surface area contributed by atoms with Crippen LogP contribution in [0.5, 0.6) is 0 Å². The molecule has 0 amide bonds. The first-order valence-corrected chi connectivity index (χ1v) is 14.1. The van der Waals surface area contributed by atoms with Gasteiger partial charge in [0.05, 0.1) is 0 Å². The van der Waals surface area contributed by atoms with E-state index in [-0.39, 0.29) is 5.46 Å². The van der Waals surface area contributed by atoms with Crippen molar-refractivity contribution in [1.82, 2.24) is 10.2 Å². The molecule has 2 heterocycles. The highest BCUT2D eigenvalue weighted by Gasteiger charge is 2.83. The molecule has 0 aromatic carbocycles. The molecule has 1 N–H and O–H groups in total. The first kappa shape index (κ1) is 21.3. The van der Waals surface area contributed by atoms with Crippen LogP contribution in [-0.4, -0.2) is 84.5 Å². The molecule has 1 fully saturated rings.